The molecule has 0 unspecified atom stereocenters. The zero-order valence-electron chi connectivity index (χ0n) is 14.7. The van der Waals surface area contributed by atoms with E-state index in [4.69, 9.17) is 0 Å². The maximum Gasteiger partial charge on any atom is 0.277 e. The van der Waals surface area contributed by atoms with Crippen LogP contribution in [0.3, 0.4) is 0 Å². The van der Waals surface area contributed by atoms with Crippen LogP contribution in [0.25, 0.3) is 22.3 Å². The molecule has 3 nitrogen and oxygen atoms in total. The molecule has 0 aliphatic rings. The molecular formula is C22H21NO2. The van der Waals surface area contributed by atoms with E-state index >= 15 is 0 Å². The van der Waals surface area contributed by atoms with Crippen LogP contribution in [-0.4, -0.2) is 4.92 Å². The average molecular weight is 331 g/mol. The van der Waals surface area contributed by atoms with Gasteiger partial charge in [0.2, 0.25) is 0 Å². The Balaban J connectivity index is 2.04. The first-order chi connectivity index (χ1) is 11.9. The standard InChI is InChI=1S/C22H21NO2/c1-22(2,3)19-12-9-16(10-13-19)18-11-14-20(21(15-18)23(24)25)17-7-5-4-6-8-17/h4-15H,1-3H3. The van der Waals surface area contributed by atoms with Gasteiger partial charge in [0.15, 0.2) is 0 Å². The molecule has 0 aromatic heterocycles. The topological polar surface area (TPSA) is 43.1 Å². The monoisotopic (exact) mass is 331 g/mol. The Morgan fingerprint density at radius 2 is 1.36 bits per heavy atom. The van der Waals surface area contributed by atoms with Gasteiger partial charge in [-0.2, -0.15) is 0 Å². The lowest BCUT2D eigenvalue weighted by Gasteiger charge is -2.19. The number of hydrogen-bond acceptors (Lipinski definition) is 2. The first kappa shape index (κ1) is 16.9. The Labute approximate surface area is 148 Å². The van der Waals surface area contributed by atoms with Crippen molar-refractivity contribution in [2.45, 2.75) is 26.2 Å². The van der Waals surface area contributed by atoms with Crippen molar-refractivity contribution in [1.82, 2.24) is 0 Å². The van der Waals surface area contributed by atoms with Gasteiger partial charge in [-0.25, -0.2) is 0 Å². The highest BCUT2D eigenvalue weighted by Crippen LogP contribution is 2.34. The van der Waals surface area contributed by atoms with E-state index in [1.54, 1.807) is 6.07 Å². The van der Waals surface area contributed by atoms with Crippen LogP contribution in [0.5, 0.6) is 0 Å². The van der Waals surface area contributed by atoms with E-state index in [0.717, 1.165) is 16.7 Å². The Morgan fingerprint density at radius 3 is 1.92 bits per heavy atom. The summed E-state index contributed by atoms with van der Waals surface area (Å²) in [6.45, 7) is 6.50. The van der Waals surface area contributed by atoms with Gasteiger partial charge in [-0.05, 0) is 33.7 Å². The molecule has 3 aromatic carbocycles. The van der Waals surface area contributed by atoms with Gasteiger partial charge in [0, 0.05) is 6.07 Å². The molecule has 0 atom stereocenters. The van der Waals surface area contributed by atoms with Gasteiger partial charge in [-0.3, -0.25) is 10.1 Å². The Kier molecular flexibility index (Phi) is 4.41. The maximum absolute atomic E-state index is 11.6. The van der Waals surface area contributed by atoms with Crippen LogP contribution in [0.15, 0.2) is 72.8 Å². The SMILES string of the molecule is CC(C)(C)c1ccc(-c2ccc(-c3ccccc3)c([N+](=O)[O-])c2)cc1. The molecule has 3 rings (SSSR count). The van der Waals surface area contributed by atoms with Gasteiger partial charge in [0.25, 0.3) is 5.69 Å². The Bertz CT molecular complexity index is 892. The third-order valence-corrected chi connectivity index (χ3v) is 4.36. The van der Waals surface area contributed by atoms with Crippen molar-refractivity contribution in [3.05, 3.63) is 88.5 Å². The molecule has 3 aromatic rings. The lowest BCUT2D eigenvalue weighted by Crippen LogP contribution is -2.10. The van der Waals surface area contributed by atoms with Gasteiger partial charge in [0.05, 0.1) is 10.5 Å². The van der Waals surface area contributed by atoms with Crippen LogP contribution in [-0.2, 0) is 5.41 Å². The van der Waals surface area contributed by atoms with Crippen molar-refractivity contribution in [2.75, 3.05) is 0 Å². The fourth-order valence-corrected chi connectivity index (χ4v) is 2.89. The number of hydrogen-bond donors (Lipinski definition) is 0. The molecule has 126 valence electrons. The molecular weight excluding hydrogens is 310 g/mol. The average Bonchev–Trinajstić information content (AvgIpc) is 2.61. The van der Waals surface area contributed by atoms with Crippen LogP contribution in [0.4, 0.5) is 5.69 Å². The van der Waals surface area contributed by atoms with Gasteiger partial charge in [-0.1, -0.05) is 81.4 Å². The van der Waals surface area contributed by atoms with Gasteiger partial charge < -0.3 is 0 Å². The predicted octanol–water partition coefficient (Wildman–Crippen LogP) is 6.23. The molecule has 0 N–H and O–H groups in total. The highest BCUT2D eigenvalue weighted by molar-refractivity contribution is 5.79. The zero-order chi connectivity index (χ0) is 18.0. The summed E-state index contributed by atoms with van der Waals surface area (Å²) in [5.41, 5.74) is 4.78. The third-order valence-electron chi connectivity index (χ3n) is 4.36. The second-order valence-corrected chi connectivity index (χ2v) is 7.18. The summed E-state index contributed by atoms with van der Waals surface area (Å²) >= 11 is 0. The van der Waals surface area contributed by atoms with Gasteiger partial charge in [0.1, 0.15) is 0 Å². The fraction of sp³-hybridized carbons (Fsp3) is 0.182. The predicted molar refractivity (Wildman–Crippen MR) is 103 cm³/mol. The van der Waals surface area contributed by atoms with Crippen molar-refractivity contribution in [3.8, 4) is 22.3 Å². The molecule has 0 heterocycles. The molecule has 0 fully saturated rings. The van der Waals surface area contributed by atoms with E-state index in [0.29, 0.717) is 5.56 Å². The minimum absolute atomic E-state index is 0.0850. The summed E-state index contributed by atoms with van der Waals surface area (Å²) in [6.07, 6.45) is 0. The fourth-order valence-electron chi connectivity index (χ4n) is 2.89. The number of nitro groups is 1. The van der Waals surface area contributed by atoms with E-state index in [2.05, 4.69) is 32.9 Å². The third kappa shape index (κ3) is 3.61. The number of nitro benzene ring substituents is 1. The normalized spacial score (nSPS) is 11.3. The molecule has 0 aliphatic carbocycles. The molecule has 0 radical (unpaired) electrons. The van der Waals surface area contributed by atoms with Crippen LogP contribution in [0.2, 0.25) is 0 Å². The van der Waals surface area contributed by atoms with E-state index in [-0.39, 0.29) is 16.0 Å². The number of rotatable bonds is 3. The molecule has 0 aliphatic heterocycles. The molecule has 0 saturated heterocycles. The molecule has 25 heavy (non-hydrogen) atoms. The van der Waals surface area contributed by atoms with Gasteiger partial charge in [-0.15, -0.1) is 0 Å². The summed E-state index contributed by atoms with van der Waals surface area (Å²) < 4.78 is 0. The van der Waals surface area contributed by atoms with Crippen molar-refractivity contribution >= 4 is 5.69 Å². The lowest BCUT2D eigenvalue weighted by molar-refractivity contribution is -0.384. The summed E-state index contributed by atoms with van der Waals surface area (Å²) in [4.78, 5) is 11.3. The smallest absolute Gasteiger partial charge is 0.258 e. The van der Waals surface area contributed by atoms with Crippen LogP contribution < -0.4 is 0 Å². The Hall–Kier alpha value is -2.94. The van der Waals surface area contributed by atoms with Crippen LogP contribution in [0, 0.1) is 10.1 Å². The number of benzene rings is 3. The van der Waals surface area contributed by atoms with Gasteiger partial charge >= 0.3 is 0 Å². The second-order valence-electron chi connectivity index (χ2n) is 7.18. The van der Waals surface area contributed by atoms with E-state index < -0.39 is 0 Å². The molecule has 0 saturated carbocycles. The minimum atomic E-state index is -0.310. The van der Waals surface area contributed by atoms with Crippen molar-refractivity contribution < 1.29 is 4.92 Å². The van der Waals surface area contributed by atoms with Crippen molar-refractivity contribution in [3.63, 3.8) is 0 Å². The Morgan fingerprint density at radius 1 is 0.760 bits per heavy atom. The van der Waals surface area contributed by atoms with Crippen LogP contribution in [0.1, 0.15) is 26.3 Å². The van der Waals surface area contributed by atoms with Crippen LogP contribution >= 0.6 is 0 Å². The van der Waals surface area contributed by atoms with E-state index in [1.807, 2.05) is 54.6 Å². The lowest BCUT2D eigenvalue weighted by atomic mass is 9.86. The van der Waals surface area contributed by atoms with Crippen molar-refractivity contribution in [1.29, 1.82) is 0 Å². The first-order valence-corrected chi connectivity index (χ1v) is 8.31. The molecule has 0 bridgehead atoms. The summed E-state index contributed by atoms with van der Waals surface area (Å²) in [6, 6.07) is 23.1. The highest BCUT2D eigenvalue weighted by atomic mass is 16.6. The number of nitrogens with zero attached hydrogens (tertiary/aromatic N) is 1. The second kappa shape index (κ2) is 6.52. The molecule has 3 heteroatoms. The van der Waals surface area contributed by atoms with Crippen molar-refractivity contribution in [2.24, 2.45) is 0 Å². The van der Waals surface area contributed by atoms with E-state index in [9.17, 15) is 10.1 Å². The summed E-state index contributed by atoms with van der Waals surface area (Å²) in [5, 5.41) is 11.6. The summed E-state index contributed by atoms with van der Waals surface area (Å²) in [7, 11) is 0. The highest BCUT2D eigenvalue weighted by Gasteiger charge is 2.17. The first-order valence-electron chi connectivity index (χ1n) is 8.31. The minimum Gasteiger partial charge on any atom is -0.258 e. The zero-order valence-corrected chi connectivity index (χ0v) is 14.7. The molecule has 0 spiro atoms. The quantitative estimate of drug-likeness (QED) is 0.422. The van der Waals surface area contributed by atoms with E-state index in [1.165, 1.54) is 5.56 Å². The molecule has 0 amide bonds. The summed E-state index contributed by atoms with van der Waals surface area (Å²) in [5.74, 6) is 0. The maximum atomic E-state index is 11.6. The largest absolute Gasteiger partial charge is 0.277 e.